The zero-order chi connectivity index (χ0) is 28.3. The van der Waals surface area contributed by atoms with Crippen LogP contribution < -0.4 is 20.9 Å². The van der Waals surface area contributed by atoms with Crippen LogP contribution in [-0.4, -0.2) is 57.0 Å². The van der Waals surface area contributed by atoms with Crippen molar-refractivity contribution in [1.82, 2.24) is 19.5 Å². The summed E-state index contributed by atoms with van der Waals surface area (Å²) in [5, 5.41) is 6.27. The number of rotatable bonds is 8. The monoisotopic (exact) mass is 607 g/mol. The molecule has 204 valence electrons. The van der Waals surface area contributed by atoms with Crippen LogP contribution in [0.1, 0.15) is 10.4 Å². The number of hydrogen-bond donors (Lipinski definition) is 3. The highest BCUT2D eigenvalue weighted by molar-refractivity contribution is 7.92. The molecule has 10 nitrogen and oxygen atoms in total. The predicted octanol–water partition coefficient (Wildman–Crippen LogP) is 4.16. The third-order valence-corrected chi connectivity index (χ3v) is 9.20. The number of thiophene rings is 1. The lowest BCUT2D eigenvalue weighted by atomic mass is 10.1. The van der Waals surface area contributed by atoms with Gasteiger partial charge in [0.2, 0.25) is 0 Å². The molecule has 3 N–H and O–H groups in total. The lowest BCUT2D eigenvalue weighted by Gasteiger charge is -2.14. The van der Waals surface area contributed by atoms with Crippen molar-refractivity contribution in [3.05, 3.63) is 86.1 Å². The molecule has 14 heteroatoms. The van der Waals surface area contributed by atoms with Crippen molar-refractivity contribution in [3.8, 4) is 5.69 Å². The maximum Gasteiger partial charge on any atom is 0.333 e. The second-order valence-corrected chi connectivity index (χ2v) is 12.6. The number of sulfonamides is 1. The van der Waals surface area contributed by atoms with Gasteiger partial charge >= 0.3 is 6.03 Å². The lowest BCUT2D eigenvalue weighted by molar-refractivity contribution is 0.0952. The van der Waals surface area contributed by atoms with Gasteiger partial charge in [-0.1, -0.05) is 41.4 Å². The van der Waals surface area contributed by atoms with Crippen molar-refractivity contribution in [2.24, 2.45) is 0 Å². The summed E-state index contributed by atoms with van der Waals surface area (Å²) in [5.41, 5.74) is 0.719. The first kappa shape index (κ1) is 28.6. The van der Waals surface area contributed by atoms with Crippen LogP contribution in [0.5, 0.6) is 0 Å². The smallest absolute Gasteiger partial charge is 0.333 e. The summed E-state index contributed by atoms with van der Waals surface area (Å²) < 4.78 is 28.0. The van der Waals surface area contributed by atoms with Crippen LogP contribution in [0.4, 0.5) is 10.5 Å². The van der Waals surface area contributed by atoms with E-state index in [4.69, 9.17) is 23.2 Å². The van der Waals surface area contributed by atoms with E-state index in [9.17, 15) is 22.8 Å². The minimum atomic E-state index is -4.18. The van der Waals surface area contributed by atoms with E-state index in [0.717, 1.165) is 17.4 Å². The van der Waals surface area contributed by atoms with Crippen LogP contribution in [0, 0.1) is 0 Å². The number of aromatic nitrogens is 1. The summed E-state index contributed by atoms with van der Waals surface area (Å²) in [4.78, 5) is 40.5. The van der Waals surface area contributed by atoms with Crippen molar-refractivity contribution >= 4 is 73.0 Å². The van der Waals surface area contributed by atoms with Crippen LogP contribution in [-0.2, 0) is 10.0 Å². The fraction of sp³-hybridized carbons (Fsp3) is 0.160. The van der Waals surface area contributed by atoms with E-state index in [0.29, 0.717) is 35.1 Å². The zero-order valence-corrected chi connectivity index (χ0v) is 23.8. The second-order valence-electron chi connectivity index (χ2n) is 8.62. The molecule has 0 aliphatic carbocycles. The molecule has 0 aliphatic rings. The van der Waals surface area contributed by atoms with Crippen LogP contribution in [0.2, 0.25) is 9.36 Å². The SMILES string of the molecule is CN(C)CCNC(=O)c1cn(-c2ccc(NC(=O)NS(=O)(=O)c3cc(Cl)c(Cl)s3)cc2)c(=O)c2ccccc12. The molecule has 0 saturated heterocycles. The molecule has 0 bridgehead atoms. The Morgan fingerprint density at radius 2 is 1.69 bits per heavy atom. The normalized spacial score (nSPS) is 11.5. The van der Waals surface area contributed by atoms with E-state index in [2.05, 4.69) is 10.6 Å². The summed E-state index contributed by atoms with van der Waals surface area (Å²) in [5.74, 6) is -0.314. The van der Waals surface area contributed by atoms with Crippen molar-refractivity contribution in [2.45, 2.75) is 4.21 Å². The maximum absolute atomic E-state index is 13.2. The molecular formula is C25H23Cl2N5O5S2. The Morgan fingerprint density at radius 3 is 2.31 bits per heavy atom. The van der Waals surface area contributed by atoms with Crippen molar-refractivity contribution in [2.75, 3.05) is 32.5 Å². The molecule has 39 heavy (non-hydrogen) atoms. The van der Waals surface area contributed by atoms with Gasteiger partial charge in [0.25, 0.3) is 21.5 Å². The molecule has 0 fully saturated rings. The number of carbonyl (C=O) groups excluding carboxylic acids is 2. The van der Waals surface area contributed by atoms with Gasteiger partial charge in [0.1, 0.15) is 8.55 Å². The van der Waals surface area contributed by atoms with E-state index >= 15 is 0 Å². The van der Waals surface area contributed by atoms with Crippen LogP contribution in [0.15, 0.2) is 69.8 Å². The number of benzene rings is 2. The van der Waals surface area contributed by atoms with Crippen LogP contribution in [0.3, 0.4) is 0 Å². The largest absolute Gasteiger partial charge is 0.351 e. The molecule has 0 atom stereocenters. The van der Waals surface area contributed by atoms with Gasteiger partial charge in [-0.3, -0.25) is 14.2 Å². The van der Waals surface area contributed by atoms with Crippen molar-refractivity contribution in [1.29, 1.82) is 0 Å². The Morgan fingerprint density at radius 1 is 1.03 bits per heavy atom. The van der Waals surface area contributed by atoms with Gasteiger partial charge in [-0.25, -0.2) is 17.9 Å². The fourth-order valence-corrected chi connectivity index (χ4v) is 6.43. The van der Waals surface area contributed by atoms with Crippen LogP contribution in [0.25, 0.3) is 16.5 Å². The van der Waals surface area contributed by atoms with E-state index in [1.807, 2.05) is 23.7 Å². The minimum absolute atomic E-state index is 0.0659. The molecule has 0 aliphatic heterocycles. The van der Waals surface area contributed by atoms with Crippen LogP contribution >= 0.6 is 34.5 Å². The molecule has 2 heterocycles. The van der Waals surface area contributed by atoms with E-state index in [1.165, 1.54) is 22.9 Å². The topological polar surface area (TPSA) is 130 Å². The molecule has 4 rings (SSSR count). The first-order chi connectivity index (χ1) is 18.5. The summed E-state index contributed by atoms with van der Waals surface area (Å²) in [6.45, 7) is 1.09. The number of anilines is 1. The number of hydrogen-bond acceptors (Lipinski definition) is 7. The minimum Gasteiger partial charge on any atom is -0.351 e. The van der Waals surface area contributed by atoms with Gasteiger partial charge < -0.3 is 15.5 Å². The zero-order valence-electron chi connectivity index (χ0n) is 20.7. The first-order valence-electron chi connectivity index (χ1n) is 11.4. The number of amides is 3. The summed E-state index contributed by atoms with van der Waals surface area (Å²) in [6, 6.07) is 13.1. The van der Waals surface area contributed by atoms with Crippen molar-refractivity contribution in [3.63, 3.8) is 0 Å². The van der Waals surface area contributed by atoms with Gasteiger partial charge in [0.15, 0.2) is 0 Å². The molecule has 0 unspecified atom stereocenters. The third kappa shape index (κ3) is 6.60. The Bertz CT molecular complexity index is 1700. The molecule has 2 aromatic heterocycles. The Kier molecular flexibility index (Phi) is 8.62. The Hall–Kier alpha value is -3.42. The number of fused-ring (bicyclic) bond motifs is 1. The Balaban J connectivity index is 1.56. The van der Waals surface area contributed by atoms with Gasteiger partial charge in [-0.05, 0) is 50.5 Å². The summed E-state index contributed by atoms with van der Waals surface area (Å²) >= 11 is 12.3. The van der Waals surface area contributed by atoms with E-state index in [1.54, 1.807) is 36.4 Å². The molecule has 2 aromatic carbocycles. The number of pyridine rings is 1. The number of halogens is 2. The van der Waals surface area contributed by atoms with Crippen molar-refractivity contribution < 1.29 is 18.0 Å². The highest BCUT2D eigenvalue weighted by Crippen LogP contribution is 2.34. The summed E-state index contributed by atoms with van der Waals surface area (Å²) in [6.07, 6.45) is 1.48. The van der Waals surface area contributed by atoms with Gasteiger partial charge in [0, 0.05) is 41.4 Å². The second kappa shape index (κ2) is 11.8. The third-order valence-electron chi connectivity index (χ3n) is 5.53. The number of carbonyl (C=O) groups is 2. The average Bonchev–Trinajstić information content (AvgIpc) is 3.23. The quantitative estimate of drug-likeness (QED) is 0.276. The van der Waals surface area contributed by atoms with Gasteiger partial charge in [-0.2, -0.15) is 0 Å². The standard InChI is InChI=1S/C25H23Cl2N5O5S2/c1-31(2)12-11-28-23(33)19-14-32(24(34)18-6-4-3-5-17(18)19)16-9-7-15(8-10-16)29-25(35)30-39(36,37)21-13-20(26)22(27)38-21/h3-10,13-14H,11-12H2,1-2H3,(H,28,33)(H2,29,30,35). The number of nitrogens with one attached hydrogen (secondary N) is 3. The molecule has 3 amide bonds. The molecular weight excluding hydrogens is 585 g/mol. The highest BCUT2D eigenvalue weighted by atomic mass is 35.5. The maximum atomic E-state index is 13.2. The fourth-order valence-electron chi connectivity index (χ4n) is 3.65. The lowest BCUT2D eigenvalue weighted by Crippen LogP contribution is -2.34. The first-order valence-corrected chi connectivity index (χ1v) is 14.5. The average molecular weight is 609 g/mol. The predicted molar refractivity (Wildman–Crippen MR) is 154 cm³/mol. The molecule has 0 saturated carbocycles. The summed E-state index contributed by atoms with van der Waals surface area (Å²) in [7, 11) is -0.379. The van der Waals surface area contributed by atoms with E-state index in [-0.39, 0.29) is 30.7 Å². The molecule has 4 aromatic rings. The number of likely N-dealkylation sites (N-methyl/N-ethyl adjacent to an activating group) is 1. The Labute approximate surface area is 238 Å². The highest BCUT2D eigenvalue weighted by Gasteiger charge is 2.22. The molecule has 0 radical (unpaired) electrons. The van der Waals surface area contributed by atoms with Gasteiger partial charge in [-0.15, -0.1) is 11.3 Å². The van der Waals surface area contributed by atoms with E-state index < -0.39 is 16.1 Å². The molecule has 0 spiro atoms. The number of urea groups is 1. The number of nitrogens with zero attached hydrogens (tertiary/aromatic N) is 2. The van der Waals surface area contributed by atoms with Gasteiger partial charge in [0.05, 0.1) is 10.6 Å².